The first kappa shape index (κ1) is 20.4. The summed E-state index contributed by atoms with van der Waals surface area (Å²) in [6.45, 7) is 2.24. The number of nitrogens with one attached hydrogen (secondary N) is 2. The molecule has 0 spiro atoms. The van der Waals surface area contributed by atoms with Gasteiger partial charge in [0.15, 0.2) is 11.5 Å². The topological polar surface area (TPSA) is 42.5 Å². The molecule has 31 heavy (non-hydrogen) atoms. The van der Waals surface area contributed by atoms with Crippen LogP contribution in [0.15, 0.2) is 109 Å². The monoisotopic (exact) mass is 410 g/mol. The Bertz CT molecular complexity index is 1050. The van der Waals surface area contributed by atoms with Crippen LogP contribution in [0.4, 0.5) is 11.4 Å². The van der Waals surface area contributed by atoms with Crippen molar-refractivity contribution < 1.29 is 9.68 Å². The Balaban J connectivity index is 1.28. The molecule has 1 atom stereocenters. The fourth-order valence-corrected chi connectivity index (χ4v) is 3.28. The van der Waals surface area contributed by atoms with Crippen molar-refractivity contribution in [2.24, 2.45) is 0 Å². The zero-order valence-electron chi connectivity index (χ0n) is 17.5. The molecule has 0 aliphatic carbocycles. The van der Waals surface area contributed by atoms with Crippen LogP contribution in [-0.4, -0.2) is 0 Å². The van der Waals surface area contributed by atoms with Crippen LogP contribution in [0.3, 0.4) is 0 Å². The first-order valence-corrected chi connectivity index (χ1v) is 10.4. The minimum atomic E-state index is 0.394. The van der Waals surface area contributed by atoms with E-state index in [4.69, 9.17) is 9.68 Å². The number of benzene rings is 4. The maximum atomic E-state index is 5.64. The summed E-state index contributed by atoms with van der Waals surface area (Å²) < 4.78 is 0. The minimum Gasteiger partial charge on any atom is -0.382 e. The van der Waals surface area contributed by atoms with Gasteiger partial charge in [-0.2, -0.15) is 0 Å². The molecule has 4 aromatic carbocycles. The second-order valence-electron chi connectivity index (χ2n) is 7.46. The Morgan fingerprint density at radius 1 is 0.581 bits per heavy atom. The number of hydrogen-bond donors (Lipinski definition) is 2. The van der Waals surface area contributed by atoms with Crippen molar-refractivity contribution in [1.82, 2.24) is 0 Å². The van der Waals surface area contributed by atoms with Gasteiger partial charge in [-0.25, -0.2) is 11.0 Å². The van der Waals surface area contributed by atoms with Crippen molar-refractivity contribution >= 4 is 11.4 Å². The van der Waals surface area contributed by atoms with E-state index in [1.165, 1.54) is 11.1 Å². The van der Waals surface area contributed by atoms with Crippen molar-refractivity contribution in [3.8, 4) is 11.5 Å². The minimum absolute atomic E-state index is 0.394. The lowest BCUT2D eigenvalue weighted by Crippen LogP contribution is -2.05. The normalized spacial score (nSPS) is 11.4. The fourth-order valence-electron chi connectivity index (χ4n) is 3.28. The molecule has 4 aromatic rings. The SMILES string of the molecule is CC(Cc1ccc(ONc2ccccc2)cc1)c1ccc(ONc2ccccc2)cc1. The highest BCUT2D eigenvalue weighted by Crippen LogP contribution is 2.24. The van der Waals surface area contributed by atoms with Gasteiger partial charge in [0.2, 0.25) is 0 Å². The molecular weight excluding hydrogens is 384 g/mol. The number of rotatable bonds is 9. The van der Waals surface area contributed by atoms with Gasteiger partial charge >= 0.3 is 0 Å². The molecule has 156 valence electrons. The first-order valence-electron chi connectivity index (χ1n) is 10.4. The average molecular weight is 411 g/mol. The summed E-state index contributed by atoms with van der Waals surface area (Å²) in [7, 11) is 0. The van der Waals surface area contributed by atoms with Gasteiger partial charge in [-0.3, -0.25) is 0 Å². The van der Waals surface area contributed by atoms with Crippen LogP contribution in [0, 0.1) is 0 Å². The molecule has 4 heteroatoms. The van der Waals surface area contributed by atoms with E-state index in [-0.39, 0.29) is 0 Å². The molecule has 0 aliphatic rings. The smallest absolute Gasteiger partial charge is 0.155 e. The van der Waals surface area contributed by atoms with Crippen molar-refractivity contribution in [3.05, 3.63) is 120 Å². The summed E-state index contributed by atoms with van der Waals surface area (Å²) in [5, 5.41) is 0. The van der Waals surface area contributed by atoms with Crippen LogP contribution in [0.1, 0.15) is 24.0 Å². The average Bonchev–Trinajstić information content (AvgIpc) is 2.84. The van der Waals surface area contributed by atoms with E-state index in [1.54, 1.807) is 0 Å². The van der Waals surface area contributed by atoms with Crippen LogP contribution in [0.25, 0.3) is 0 Å². The summed E-state index contributed by atoms with van der Waals surface area (Å²) in [6.07, 6.45) is 0.953. The molecule has 0 saturated carbocycles. The Kier molecular flexibility index (Phi) is 6.71. The van der Waals surface area contributed by atoms with E-state index >= 15 is 0 Å². The van der Waals surface area contributed by atoms with Gasteiger partial charge in [0, 0.05) is 0 Å². The standard InChI is InChI=1S/C27H26N2O2/c1-21(23-14-18-27(19-15-23)31-29-25-10-6-3-7-11-25)20-22-12-16-26(17-13-22)30-28-24-8-4-2-5-9-24/h2-19,21,28-29H,20H2,1H3. The highest BCUT2D eigenvalue weighted by molar-refractivity contribution is 5.42. The van der Waals surface area contributed by atoms with Gasteiger partial charge in [-0.05, 0) is 72.0 Å². The van der Waals surface area contributed by atoms with Gasteiger partial charge in [0.25, 0.3) is 0 Å². The summed E-state index contributed by atoms with van der Waals surface area (Å²) >= 11 is 0. The van der Waals surface area contributed by atoms with Crippen LogP contribution in [-0.2, 0) is 6.42 Å². The van der Waals surface area contributed by atoms with Crippen molar-refractivity contribution in [3.63, 3.8) is 0 Å². The Morgan fingerprint density at radius 2 is 1.03 bits per heavy atom. The van der Waals surface area contributed by atoms with Gasteiger partial charge < -0.3 is 9.68 Å². The van der Waals surface area contributed by atoms with E-state index in [1.807, 2.05) is 84.9 Å². The molecular formula is C27H26N2O2. The van der Waals surface area contributed by atoms with Gasteiger partial charge in [0.1, 0.15) is 0 Å². The summed E-state index contributed by atoms with van der Waals surface area (Å²) in [6, 6.07) is 36.1. The fraction of sp³-hybridized carbons (Fsp3) is 0.111. The molecule has 0 radical (unpaired) electrons. The molecule has 1 unspecified atom stereocenters. The molecule has 4 nitrogen and oxygen atoms in total. The lowest BCUT2D eigenvalue weighted by Gasteiger charge is -2.14. The summed E-state index contributed by atoms with van der Waals surface area (Å²) in [4.78, 5) is 11.3. The second kappa shape index (κ2) is 10.2. The Hall–Kier alpha value is -3.92. The quantitative estimate of drug-likeness (QED) is 0.296. The van der Waals surface area contributed by atoms with Gasteiger partial charge in [0.05, 0.1) is 11.4 Å². The molecule has 4 rings (SSSR count). The number of hydrogen-bond acceptors (Lipinski definition) is 4. The van der Waals surface area contributed by atoms with E-state index < -0.39 is 0 Å². The van der Waals surface area contributed by atoms with Crippen LogP contribution in [0.2, 0.25) is 0 Å². The van der Waals surface area contributed by atoms with Gasteiger partial charge in [-0.1, -0.05) is 67.6 Å². The molecule has 0 saturated heterocycles. The zero-order valence-corrected chi connectivity index (χ0v) is 17.5. The Labute approximate surface area is 183 Å². The van der Waals surface area contributed by atoms with E-state index in [9.17, 15) is 0 Å². The highest BCUT2D eigenvalue weighted by atomic mass is 16.6. The first-order chi connectivity index (χ1) is 15.3. The number of anilines is 2. The van der Waals surface area contributed by atoms with Gasteiger partial charge in [-0.15, -0.1) is 0 Å². The maximum absolute atomic E-state index is 5.64. The van der Waals surface area contributed by atoms with Crippen molar-refractivity contribution in [1.29, 1.82) is 0 Å². The van der Waals surface area contributed by atoms with E-state index in [0.717, 1.165) is 29.3 Å². The van der Waals surface area contributed by atoms with Crippen molar-refractivity contribution in [2.75, 3.05) is 11.0 Å². The van der Waals surface area contributed by atoms with Crippen LogP contribution >= 0.6 is 0 Å². The summed E-state index contributed by atoms with van der Waals surface area (Å²) in [5.41, 5.74) is 10.3. The van der Waals surface area contributed by atoms with Crippen molar-refractivity contribution in [2.45, 2.75) is 19.3 Å². The molecule has 0 aliphatic heterocycles. The highest BCUT2D eigenvalue weighted by Gasteiger charge is 2.08. The Morgan fingerprint density at radius 3 is 1.52 bits per heavy atom. The maximum Gasteiger partial charge on any atom is 0.155 e. The molecule has 0 fully saturated rings. The molecule has 0 amide bonds. The van der Waals surface area contributed by atoms with E-state index in [2.05, 4.69) is 42.1 Å². The number of para-hydroxylation sites is 2. The predicted molar refractivity (Wildman–Crippen MR) is 126 cm³/mol. The molecule has 0 bridgehead atoms. The van der Waals surface area contributed by atoms with Crippen LogP contribution < -0.4 is 20.6 Å². The third-order valence-electron chi connectivity index (χ3n) is 5.04. The molecule has 0 aromatic heterocycles. The lowest BCUT2D eigenvalue weighted by atomic mass is 9.94. The summed E-state index contributed by atoms with van der Waals surface area (Å²) in [5.74, 6) is 1.96. The largest absolute Gasteiger partial charge is 0.382 e. The third-order valence-corrected chi connectivity index (χ3v) is 5.04. The lowest BCUT2D eigenvalue weighted by molar-refractivity contribution is 0.404. The molecule has 2 N–H and O–H groups in total. The molecule has 0 heterocycles. The van der Waals surface area contributed by atoms with E-state index in [0.29, 0.717) is 5.92 Å². The zero-order chi connectivity index (χ0) is 21.3. The van der Waals surface area contributed by atoms with Crippen LogP contribution in [0.5, 0.6) is 11.5 Å². The predicted octanol–water partition coefficient (Wildman–Crippen LogP) is 6.84. The second-order valence-corrected chi connectivity index (χ2v) is 7.46. The third kappa shape index (κ3) is 6.03.